The second-order valence-corrected chi connectivity index (χ2v) is 7.73. The lowest BCUT2D eigenvalue weighted by Gasteiger charge is -2.35. The van der Waals surface area contributed by atoms with Crippen LogP contribution in [-0.2, 0) is 10.0 Å². The molecular formula is C12H25ClN2O2S. The lowest BCUT2D eigenvalue weighted by Crippen LogP contribution is -2.56. The molecule has 0 aromatic heterocycles. The molecule has 6 heteroatoms. The third-order valence-corrected chi connectivity index (χ3v) is 5.82. The molecule has 2 rings (SSSR count). The van der Waals surface area contributed by atoms with E-state index in [9.17, 15) is 8.42 Å². The number of piperazine rings is 1. The van der Waals surface area contributed by atoms with Crippen LogP contribution in [0, 0.1) is 5.92 Å². The summed E-state index contributed by atoms with van der Waals surface area (Å²) in [6.45, 7) is 5.35. The molecule has 4 nitrogen and oxygen atoms in total. The van der Waals surface area contributed by atoms with Gasteiger partial charge in [0, 0.05) is 25.2 Å². The van der Waals surface area contributed by atoms with Gasteiger partial charge < -0.3 is 5.32 Å². The Hall–Kier alpha value is 0.160. The zero-order valence-electron chi connectivity index (χ0n) is 11.3. The highest BCUT2D eigenvalue weighted by Crippen LogP contribution is 2.27. The summed E-state index contributed by atoms with van der Waals surface area (Å²) in [5, 5.41) is 3.37. The second kappa shape index (κ2) is 6.55. The van der Waals surface area contributed by atoms with E-state index in [4.69, 9.17) is 0 Å². The first-order chi connectivity index (χ1) is 7.97. The molecule has 1 aliphatic heterocycles. The predicted octanol–water partition coefficient (Wildman–Crippen LogP) is 1.61. The molecule has 0 radical (unpaired) electrons. The fourth-order valence-electron chi connectivity index (χ4n) is 3.08. The largest absolute Gasteiger partial charge is 0.309 e. The summed E-state index contributed by atoms with van der Waals surface area (Å²) in [6, 6.07) is 0.522. The standard InChI is InChI=1S/C12H24N2O2S.ClH/c1-10-7-14(8-11(2)13-10)17(15,16)9-12-5-3-4-6-12;/h10-13H,3-9H2,1-2H3;1H. The van der Waals surface area contributed by atoms with E-state index in [0.29, 0.717) is 24.8 Å². The van der Waals surface area contributed by atoms with Crippen LogP contribution in [0.3, 0.4) is 0 Å². The number of rotatable bonds is 3. The molecule has 0 amide bonds. The van der Waals surface area contributed by atoms with Crippen molar-refractivity contribution in [3.05, 3.63) is 0 Å². The molecule has 108 valence electrons. The maximum Gasteiger partial charge on any atom is 0.214 e. The molecule has 1 saturated carbocycles. The molecule has 0 aromatic rings. The van der Waals surface area contributed by atoms with Gasteiger partial charge in [-0.2, -0.15) is 4.31 Å². The zero-order valence-corrected chi connectivity index (χ0v) is 12.9. The van der Waals surface area contributed by atoms with Crippen LogP contribution in [0.4, 0.5) is 0 Å². The molecule has 0 aromatic carbocycles. The highest BCUT2D eigenvalue weighted by Gasteiger charge is 2.32. The Morgan fingerprint density at radius 3 is 2.11 bits per heavy atom. The first kappa shape index (κ1) is 16.2. The van der Waals surface area contributed by atoms with Crippen molar-refractivity contribution in [3.8, 4) is 0 Å². The SMILES string of the molecule is CC1CN(S(=O)(=O)CC2CCCC2)CC(C)N1.Cl. The van der Waals surface area contributed by atoms with Crippen LogP contribution in [-0.4, -0.2) is 43.6 Å². The summed E-state index contributed by atoms with van der Waals surface area (Å²) in [5.74, 6) is 0.771. The summed E-state index contributed by atoms with van der Waals surface area (Å²) in [7, 11) is -3.04. The average Bonchev–Trinajstić information content (AvgIpc) is 2.68. The average molecular weight is 297 g/mol. The van der Waals surface area contributed by atoms with Crippen molar-refractivity contribution >= 4 is 22.4 Å². The smallest absolute Gasteiger partial charge is 0.214 e. The lowest BCUT2D eigenvalue weighted by molar-refractivity contribution is 0.261. The fraction of sp³-hybridized carbons (Fsp3) is 1.00. The van der Waals surface area contributed by atoms with Crippen molar-refractivity contribution in [2.45, 2.75) is 51.6 Å². The van der Waals surface area contributed by atoms with Crippen molar-refractivity contribution in [2.75, 3.05) is 18.8 Å². The summed E-state index contributed by atoms with van der Waals surface area (Å²) < 4.78 is 26.4. The van der Waals surface area contributed by atoms with Gasteiger partial charge in [0.2, 0.25) is 10.0 Å². The van der Waals surface area contributed by atoms with Gasteiger partial charge in [-0.3, -0.25) is 0 Å². The zero-order chi connectivity index (χ0) is 12.5. The number of sulfonamides is 1. The summed E-state index contributed by atoms with van der Waals surface area (Å²) in [4.78, 5) is 0. The molecule has 0 bridgehead atoms. The van der Waals surface area contributed by atoms with Crippen molar-refractivity contribution < 1.29 is 8.42 Å². The number of nitrogens with zero attached hydrogens (tertiary/aromatic N) is 1. The van der Waals surface area contributed by atoms with E-state index >= 15 is 0 Å². The minimum absolute atomic E-state index is 0. The van der Waals surface area contributed by atoms with Gasteiger partial charge in [-0.15, -0.1) is 12.4 Å². The molecule has 2 unspecified atom stereocenters. The Bertz CT molecular complexity index is 345. The first-order valence-electron chi connectivity index (χ1n) is 6.71. The van der Waals surface area contributed by atoms with E-state index in [1.165, 1.54) is 12.8 Å². The van der Waals surface area contributed by atoms with E-state index < -0.39 is 10.0 Å². The van der Waals surface area contributed by atoms with Crippen LogP contribution in [0.25, 0.3) is 0 Å². The Morgan fingerprint density at radius 1 is 1.11 bits per heavy atom. The molecule has 2 aliphatic rings. The number of halogens is 1. The van der Waals surface area contributed by atoms with Gasteiger partial charge in [0.05, 0.1) is 5.75 Å². The molecule has 2 fully saturated rings. The quantitative estimate of drug-likeness (QED) is 0.861. The van der Waals surface area contributed by atoms with E-state index in [0.717, 1.165) is 12.8 Å². The van der Waals surface area contributed by atoms with Crippen molar-refractivity contribution in [2.24, 2.45) is 5.92 Å². The maximum absolute atomic E-state index is 12.3. The lowest BCUT2D eigenvalue weighted by atomic mass is 10.1. The van der Waals surface area contributed by atoms with Gasteiger partial charge in [-0.25, -0.2) is 8.42 Å². The first-order valence-corrected chi connectivity index (χ1v) is 8.32. The highest BCUT2D eigenvalue weighted by atomic mass is 35.5. The Labute approximate surface area is 117 Å². The normalized spacial score (nSPS) is 31.2. The maximum atomic E-state index is 12.3. The van der Waals surface area contributed by atoms with Gasteiger partial charge in [-0.05, 0) is 32.6 Å². The van der Waals surface area contributed by atoms with Crippen molar-refractivity contribution in [1.29, 1.82) is 0 Å². The predicted molar refractivity (Wildman–Crippen MR) is 76.6 cm³/mol. The minimum atomic E-state index is -3.04. The van der Waals surface area contributed by atoms with Gasteiger partial charge in [0.25, 0.3) is 0 Å². The van der Waals surface area contributed by atoms with E-state index in [1.54, 1.807) is 4.31 Å². The van der Waals surface area contributed by atoms with Gasteiger partial charge >= 0.3 is 0 Å². The summed E-state index contributed by atoms with van der Waals surface area (Å²) in [5.41, 5.74) is 0. The highest BCUT2D eigenvalue weighted by molar-refractivity contribution is 7.89. The minimum Gasteiger partial charge on any atom is -0.309 e. The molecule has 18 heavy (non-hydrogen) atoms. The molecule has 1 aliphatic carbocycles. The summed E-state index contributed by atoms with van der Waals surface area (Å²) in [6.07, 6.45) is 4.59. The Kier molecular flexibility index (Phi) is 5.90. The van der Waals surface area contributed by atoms with Crippen LogP contribution in [0.2, 0.25) is 0 Å². The second-order valence-electron chi connectivity index (χ2n) is 5.71. The molecular weight excluding hydrogens is 272 g/mol. The molecule has 0 spiro atoms. The number of hydrogen-bond acceptors (Lipinski definition) is 3. The van der Waals surface area contributed by atoms with Crippen LogP contribution >= 0.6 is 12.4 Å². The fourth-order valence-corrected chi connectivity index (χ4v) is 5.13. The molecule has 2 atom stereocenters. The van der Waals surface area contributed by atoms with Crippen LogP contribution in [0.5, 0.6) is 0 Å². The molecule has 1 saturated heterocycles. The summed E-state index contributed by atoms with van der Waals surface area (Å²) >= 11 is 0. The number of hydrogen-bond donors (Lipinski definition) is 1. The Balaban J connectivity index is 0.00000162. The molecule has 1 heterocycles. The van der Waals surface area contributed by atoms with E-state index in [-0.39, 0.29) is 24.5 Å². The van der Waals surface area contributed by atoms with Crippen LogP contribution in [0.1, 0.15) is 39.5 Å². The van der Waals surface area contributed by atoms with Crippen LogP contribution < -0.4 is 5.32 Å². The molecule has 1 N–H and O–H groups in total. The van der Waals surface area contributed by atoms with E-state index in [2.05, 4.69) is 5.32 Å². The topological polar surface area (TPSA) is 49.4 Å². The third kappa shape index (κ3) is 4.08. The monoisotopic (exact) mass is 296 g/mol. The van der Waals surface area contributed by atoms with Crippen molar-refractivity contribution in [3.63, 3.8) is 0 Å². The van der Waals surface area contributed by atoms with Crippen molar-refractivity contribution in [1.82, 2.24) is 9.62 Å². The van der Waals surface area contributed by atoms with Gasteiger partial charge in [-0.1, -0.05) is 12.8 Å². The third-order valence-electron chi connectivity index (χ3n) is 3.84. The Morgan fingerprint density at radius 2 is 1.61 bits per heavy atom. The van der Waals surface area contributed by atoms with E-state index in [1.807, 2.05) is 13.8 Å². The van der Waals surface area contributed by atoms with Gasteiger partial charge in [0.1, 0.15) is 0 Å². The van der Waals surface area contributed by atoms with Gasteiger partial charge in [0.15, 0.2) is 0 Å². The number of nitrogens with one attached hydrogen (secondary N) is 1. The van der Waals surface area contributed by atoms with Crippen LogP contribution in [0.15, 0.2) is 0 Å².